The molecule has 3 rings (SSSR count). The summed E-state index contributed by atoms with van der Waals surface area (Å²) < 4.78 is 1.85. The van der Waals surface area contributed by atoms with Crippen molar-refractivity contribution in [2.24, 2.45) is 7.05 Å². The molecule has 138 valence electrons. The van der Waals surface area contributed by atoms with E-state index in [9.17, 15) is 4.79 Å². The molecule has 0 aliphatic heterocycles. The van der Waals surface area contributed by atoms with E-state index in [2.05, 4.69) is 48.9 Å². The molecule has 3 aromatic rings. The molecular formula is C23H25N3O. The maximum atomic E-state index is 11.4. The highest BCUT2D eigenvalue weighted by atomic mass is 16.1. The molecule has 0 radical (unpaired) electrons. The summed E-state index contributed by atoms with van der Waals surface area (Å²) in [5, 5.41) is 5.37. The number of nitrogens with zero attached hydrogens (tertiary/aromatic N) is 3. The lowest BCUT2D eigenvalue weighted by atomic mass is 10.1. The van der Waals surface area contributed by atoms with Gasteiger partial charge in [-0.05, 0) is 49.6 Å². The zero-order valence-electron chi connectivity index (χ0n) is 16.4. The first-order valence-electron chi connectivity index (χ1n) is 9.09. The monoisotopic (exact) mass is 359 g/mol. The number of aryl methyl sites for hydroxylation is 2. The van der Waals surface area contributed by atoms with Crippen molar-refractivity contribution < 1.29 is 4.79 Å². The Balaban J connectivity index is 2.11. The molecule has 0 saturated carbocycles. The number of aromatic nitrogens is 2. The Morgan fingerprint density at radius 2 is 1.89 bits per heavy atom. The molecule has 4 nitrogen and oxygen atoms in total. The highest BCUT2D eigenvalue weighted by Crippen LogP contribution is 2.32. The van der Waals surface area contributed by atoms with Crippen molar-refractivity contribution in [1.82, 2.24) is 9.78 Å². The van der Waals surface area contributed by atoms with Gasteiger partial charge < -0.3 is 4.90 Å². The van der Waals surface area contributed by atoms with E-state index in [-0.39, 0.29) is 0 Å². The van der Waals surface area contributed by atoms with Crippen LogP contribution in [0.1, 0.15) is 31.9 Å². The third kappa shape index (κ3) is 3.56. The first kappa shape index (κ1) is 18.6. The minimum Gasteiger partial charge on any atom is -0.314 e. The van der Waals surface area contributed by atoms with Gasteiger partial charge in [0.25, 0.3) is 0 Å². The molecule has 0 unspecified atom stereocenters. The molecule has 1 heterocycles. The van der Waals surface area contributed by atoms with Crippen LogP contribution in [0.15, 0.2) is 66.5 Å². The minimum absolute atomic E-state index is 0.674. The van der Waals surface area contributed by atoms with E-state index in [1.807, 2.05) is 48.8 Å². The Morgan fingerprint density at radius 1 is 1.19 bits per heavy atom. The quantitative estimate of drug-likeness (QED) is 0.454. The Kier molecular flexibility index (Phi) is 5.26. The molecule has 0 atom stereocenters. The van der Waals surface area contributed by atoms with Crippen LogP contribution in [0.5, 0.6) is 0 Å². The zero-order valence-corrected chi connectivity index (χ0v) is 16.4. The fourth-order valence-electron chi connectivity index (χ4n) is 3.17. The number of rotatable bonds is 6. The Morgan fingerprint density at radius 3 is 2.52 bits per heavy atom. The molecule has 0 aliphatic rings. The number of fused-ring (bicyclic) bond motifs is 1. The van der Waals surface area contributed by atoms with Crippen molar-refractivity contribution in [2.45, 2.75) is 27.2 Å². The maximum absolute atomic E-state index is 11.4. The maximum Gasteiger partial charge on any atom is 0.147 e. The summed E-state index contributed by atoms with van der Waals surface area (Å²) in [6.07, 6.45) is 3.73. The fourth-order valence-corrected chi connectivity index (χ4v) is 3.17. The van der Waals surface area contributed by atoms with Crippen LogP contribution in [0.3, 0.4) is 0 Å². The van der Waals surface area contributed by atoms with Crippen molar-refractivity contribution in [3.63, 3.8) is 0 Å². The van der Waals surface area contributed by atoms with Crippen LogP contribution >= 0.6 is 0 Å². The van der Waals surface area contributed by atoms with E-state index in [4.69, 9.17) is 0 Å². The van der Waals surface area contributed by atoms with E-state index in [0.717, 1.165) is 46.3 Å². The summed E-state index contributed by atoms with van der Waals surface area (Å²) in [7, 11) is 1.93. The molecule has 0 aliphatic carbocycles. The van der Waals surface area contributed by atoms with Gasteiger partial charge in [0.15, 0.2) is 0 Å². The average Bonchev–Trinajstić information content (AvgIpc) is 3.07. The summed E-state index contributed by atoms with van der Waals surface area (Å²) in [4.78, 5) is 13.5. The molecule has 4 heteroatoms. The van der Waals surface area contributed by atoms with Gasteiger partial charge in [0.1, 0.15) is 6.29 Å². The van der Waals surface area contributed by atoms with Crippen molar-refractivity contribution in [3.8, 4) is 0 Å². The third-order valence-electron chi connectivity index (χ3n) is 5.04. The lowest BCUT2D eigenvalue weighted by Crippen LogP contribution is -2.20. The van der Waals surface area contributed by atoms with Gasteiger partial charge in [-0.25, -0.2) is 0 Å². The van der Waals surface area contributed by atoms with Crippen molar-refractivity contribution in [3.05, 3.63) is 77.6 Å². The number of hydrogen-bond acceptors (Lipinski definition) is 3. The van der Waals surface area contributed by atoms with Crippen LogP contribution in [-0.4, -0.2) is 16.1 Å². The molecule has 0 fully saturated rings. The number of anilines is 1. The van der Waals surface area contributed by atoms with Gasteiger partial charge >= 0.3 is 0 Å². The van der Waals surface area contributed by atoms with Gasteiger partial charge in [-0.3, -0.25) is 9.48 Å². The Hall–Kier alpha value is -3.14. The summed E-state index contributed by atoms with van der Waals surface area (Å²) >= 11 is 0. The molecular weight excluding hydrogens is 334 g/mol. The predicted octanol–water partition coefficient (Wildman–Crippen LogP) is 5.11. The van der Waals surface area contributed by atoms with Crippen LogP contribution in [0, 0.1) is 0 Å². The third-order valence-corrected chi connectivity index (χ3v) is 5.04. The van der Waals surface area contributed by atoms with Crippen molar-refractivity contribution in [1.29, 1.82) is 0 Å². The molecule has 1 aromatic heterocycles. The second-order valence-electron chi connectivity index (χ2n) is 6.73. The van der Waals surface area contributed by atoms with E-state index in [0.29, 0.717) is 5.57 Å². The number of hydrogen-bond donors (Lipinski definition) is 0. The van der Waals surface area contributed by atoms with Gasteiger partial charge in [0.05, 0.1) is 11.7 Å². The second-order valence-corrected chi connectivity index (χ2v) is 6.73. The van der Waals surface area contributed by atoms with Gasteiger partial charge in [-0.1, -0.05) is 37.8 Å². The number of allylic oxidation sites excluding steroid dienone is 2. The van der Waals surface area contributed by atoms with Crippen molar-refractivity contribution >= 4 is 28.6 Å². The second kappa shape index (κ2) is 7.62. The molecule has 2 aromatic carbocycles. The summed E-state index contributed by atoms with van der Waals surface area (Å²) in [5.74, 6) is 0. The first-order chi connectivity index (χ1) is 13.0. The Labute approximate surface area is 160 Å². The topological polar surface area (TPSA) is 38.1 Å². The lowest BCUT2D eigenvalue weighted by molar-refractivity contribution is -0.104. The molecule has 0 amide bonds. The van der Waals surface area contributed by atoms with Crippen molar-refractivity contribution in [2.75, 3.05) is 4.90 Å². The standard InChI is InChI=1S/C23H25N3O/c1-6-19-7-9-20(10-8-19)18(4)26(17(3)16(2)15-27)22-11-12-23-21(13-22)14-24-25(23)5/h7-15H,4,6H2,1-3,5H3/b17-16+. The number of carbonyl (C=O) groups is 1. The van der Waals surface area contributed by atoms with Crippen LogP contribution in [0.2, 0.25) is 0 Å². The predicted molar refractivity (Wildman–Crippen MR) is 112 cm³/mol. The number of benzene rings is 2. The number of aldehydes is 1. The van der Waals surface area contributed by atoms with Gasteiger partial charge in [0.2, 0.25) is 0 Å². The fraction of sp³-hybridized carbons (Fsp3) is 0.217. The average molecular weight is 359 g/mol. The SMILES string of the molecule is C=C(c1ccc(CC)cc1)N(/C(C)=C(\C)C=O)c1ccc2c(cnn2C)c1. The van der Waals surface area contributed by atoms with Gasteiger partial charge in [-0.2, -0.15) is 5.10 Å². The highest BCUT2D eigenvalue weighted by molar-refractivity contribution is 5.90. The molecule has 0 saturated heterocycles. The number of carbonyl (C=O) groups excluding carboxylic acids is 1. The Bertz CT molecular complexity index is 1030. The lowest BCUT2D eigenvalue weighted by Gasteiger charge is -2.29. The largest absolute Gasteiger partial charge is 0.314 e. The van der Waals surface area contributed by atoms with Crippen LogP contribution in [-0.2, 0) is 18.3 Å². The normalized spacial score (nSPS) is 12.0. The van der Waals surface area contributed by atoms with E-state index < -0.39 is 0 Å². The van der Waals surface area contributed by atoms with E-state index in [1.165, 1.54) is 5.56 Å². The van der Waals surface area contributed by atoms with Crippen LogP contribution in [0.25, 0.3) is 16.6 Å². The van der Waals surface area contributed by atoms with Crippen LogP contribution < -0.4 is 4.90 Å². The zero-order chi connectivity index (χ0) is 19.6. The summed E-state index contributed by atoms with van der Waals surface area (Å²) in [6, 6.07) is 14.6. The van der Waals surface area contributed by atoms with Crippen LogP contribution in [0.4, 0.5) is 5.69 Å². The summed E-state index contributed by atoms with van der Waals surface area (Å²) in [5.41, 5.74) is 6.69. The van der Waals surface area contributed by atoms with Gasteiger partial charge in [-0.15, -0.1) is 0 Å². The van der Waals surface area contributed by atoms with E-state index in [1.54, 1.807) is 0 Å². The molecule has 0 N–H and O–H groups in total. The minimum atomic E-state index is 0.674. The molecule has 0 spiro atoms. The first-order valence-corrected chi connectivity index (χ1v) is 9.09. The molecule has 0 bridgehead atoms. The van der Waals surface area contributed by atoms with Gasteiger partial charge in [0, 0.05) is 35.1 Å². The van der Waals surface area contributed by atoms with E-state index >= 15 is 0 Å². The smallest absolute Gasteiger partial charge is 0.147 e. The summed E-state index contributed by atoms with van der Waals surface area (Å²) in [6.45, 7) is 10.2. The molecule has 27 heavy (non-hydrogen) atoms. The highest BCUT2D eigenvalue weighted by Gasteiger charge is 2.17.